The van der Waals surface area contributed by atoms with Gasteiger partial charge in [0.05, 0.1) is 18.8 Å². The van der Waals surface area contributed by atoms with E-state index in [2.05, 4.69) is 20.4 Å². The number of aromatic nitrogens is 4. The molecule has 0 saturated heterocycles. The summed E-state index contributed by atoms with van der Waals surface area (Å²) in [4.78, 5) is 9.08. The second-order valence-electron chi connectivity index (χ2n) is 7.02. The van der Waals surface area contributed by atoms with Crippen LogP contribution in [0.25, 0.3) is 28.2 Å². The zero-order chi connectivity index (χ0) is 18.9. The average Bonchev–Trinajstić information content (AvgIpc) is 3.44. The zero-order valence-electron chi connectivity index (χ0n) is 15.1. The minimum Gasteiger partial charge on any atom is -0.453 e. The molecule has 3 aromatic heterocycles. The van der Waals surface area contributed by atoms with Gasteiger partial charge in [0, 0.05) is 23.7 Å². The number of para-hydroxylation sites is 1. The molecule has 28 heavy (non-hydrogen) atoms. The van der Waals surface area contributed by atoms with Crippen molar-refractivity contribution >= 4 is 34.8 Å². The Morgan fingerprint density at radius 1 is 1.29 bits per heavy atom. The Labute approximate surface area is 165 Å². The van der Waals surface area contributed by atoms with E-state index in [9.17, 15) is 0 Å². The average molecular weight is 396 g/mol. The first kappa shape index (κ1) is 17.5. The molecule has 3 heterocycles. The van der Waals surface area contributed by atoms with E-state index in [0.717, 1.165) is 48.1 Å². The minimum atomic E-state index is 0.327. The van der Waals surface area contributed by atoms with Gasteiger partial charge in [-0.2, -0.15) is 4.52 Å². The van der Waals surface area contributed by atoms with Crippen molar-refractivity contribution in [3.05, 3.63) is 42.6 Å². The Morgan fingerprint density at radius 3 is 3.11 bits per heavy atom. The number of hydrogen-bond acceptors (Lipinski definition) is 8. The van der Waals surface area contributed by atoms with Gasteiger partial charge in [0.25, 0.3) is 0 Å². The van der Waals surface area contributed by atoms with Crippen LogP contribution in [-0.2, 0) is 4.18 Å². The van der Waals surface area contributed by atoms with Gasteiger partial charge in [0.2, 0.25) is 11.8 Å². The van der Waals surface area contributed by atoms with E-state index in [0.29, 0.717) is 36.1 Å². The number of nitrogens with two attached hydrogens (primary N) is 1. The van der Waals surface area contributed by atoms with Crippen LogP contribution in [0.2, 0.25) is 0 Å². The van der Waals surface area contributed by atoms with E-state index in [1.165, 1.54) is 0 Å². The molecule has 5 rings (SSSR count). The van der Waals surface area contributed by atoms with Gasteiger partial charge >= 0.3 is 0 Å². The molecule has 1 saturated carbocycles. The van der Waals surface area contributed by atoms with Gasteiger partial charge in [-0.25, -0.2) is 9.97 Å². The summed E-state index contributed by atoms with van der Waals surface area (Å²) < 4.78 is 12.9. The van der Waals surface area contributed by atoms with Crippen LogP contribution in [0.5, 0.6) is 0 Å². The van der Waals surface area contributed by atoms with Crippen LogP contribution >= 0.6 is 12.2 Å². The summed E-state index contributed by atoms with van der Waals surface area (Å²) in [5.41, 5.74) is 1.55. The second-order valence-corrected chi connectivity index (χ2v) is 7.45. The Bertz CT molecular complexity index is 1080. The highest BCUT2D eigenvalue weighted by atomic mass is 32.2. The molecule has 0 aliphatic heterocycles. The Hall–Kier alpha value is -2.62. The number of furan rings is 1. The third-order valence-corrected chi connectivity index (χ3v) is 5.42. The quantitative estimate of drug-likeness (QED) is 0.376. The van der Waals surface area contributed by atoms with Crippen LogP contribution in [0, 0.1) is 5.92 Å². The lowest BCUT2D eigenvalue weighted by molar-refractivity contribution is 0.290. The molecule has 0 bridgehead atoms. The number of benzene rings is 1. The molecule has 144 valence electrons. The normalized spacial score (nSPS) is 19.6. The van der Waals surface area contributed by atoms with Crippen molar-refractivity contribution in [2.45, 2.75) is 25.3 Å². The number of hydrogen-bond donors (Lipinski definition) is 2. The highest BCUT2D eigenvalue weighted by molar-refractivity contribution is 7.92. The fourth-order valence-corrected chi connectivity index (χ4v) is 4.06. The van der Waals surface area contributed by atoms with E-state index in [-0.39, 0.29) is 0 Å². The van der Waals surface area contributed by atoms with E-state index in [4.69, 9.17) is 13.7 Å². The molecule has 4 aromatic rings. The molecule has 0 unspecified atom stereocenters. The maximum atomic E-state index is 5.90. The van der Waals surface area contributed by atoms with Crippen molar-refractivity contribution in [2.24, 2.45) is 11.1 Å². The van der Waals surface area contributed by atoms with Crippen LogP contribution in [0.1, 0.15) is 19.3 Å². The lowest BCUT2D eigenvalue weighted by Crippen LogP contribution is -2.19. The van der Waals surface area contributed by atoms with Crippen molar-refractivity contribution in [1.82, 2.24) is 19.6 Å². The second kappa shape index (κ2) is 7.42. The Kier molecular flexibility index (Phi) is 4.63. The summed E-state index contributed by atoms with van der Waals surface area (Å²) in [5.74, 6) is 2.39. The molecule has 1 aliphatic rings. The van der Waals surface area contributed by atoms with Crippen molar-refractivity contribution in [3.63, 3.8) is 0 Å². The molecule has 2 atom stereocenters. The summed E-state index contributed by atoms with van der Waals surface area (Å²) in [6.07, 6.45) is 4.93. The van der Waals surface area contributed by atoms with Crippen LogP contribution in [0.15, 0.2) is 47.0 Å². The minimum absolute atomic E-state index is 0.327. The Balaban J connectivity index is 1.40. The van der Waals surface area contributed by atoms with Crippen molar-refractivity contribution < 1.29 is 8.60 Å². The van der Waals surface area contributed by atoms with Gasteiger partial charge < -0.3 is 13.9 Å². The highest BCUT2D eigenvalue weighted by Gasteiger charge is 2.26. The van der Waals surface area contributed by atoms with Gasteiger partial charge in [0.1, 0.15) is 5.58 Å². The van der Waals surface area contributed by atoms with Crippen molar-refractivity contribution in [2.75, 3.05) is 11.9 Å². The summed E-state index contributed by atoms with van der Waals surface area (Å²) in [7, 11) is 0. The monoisotopic (exact) mass is 396 g/mol. The molecule has 3 N–H and O–H groups in total. The number of fused-ring (bicyclic) bond motifs is 2. The van der Waals surface area contributed by atoms with Gasteiger partial charge in [0.15, 0.2) is 11.4 Å². The predicted molar refractivity (Wildman–Crippen MR) is 108 cm³/mol. The van der Waals surface area contributed by atoms with Crippen LogP contribution < -0.4 is 10.5 Å². The van der Waals surface area contributed by atoms with Crippen molar-refractivity contribution in [1.29, 1.82) is 0 Å². The molecule has 1 fully saturated rings. The third-order valence-electron chi connectivity index (χ3n) is 5.15. The SMILES string of the molecule is NSOC[C@@H]1CC[C@H](Nc2nccc3nc(-c4cc5ccccc5o4)nn23)C1. The van der Waals surface area contributed by atoms with E-state index in [1.807, 2.05) is 36.4 Å². The molecule has 9 heteroatoms. The molecular weight excluding hydrogens is 376 g/mol. The Morgan fingerprint density at radius 2 is 2.21 bits per heavy atom. The fourth-order valence-electron chi connectivity index (χ4n) is 3.79. The van der Waals surface area contributed by atoms with Gasteiger partial charge in [-0.1, -0.05) is 18.2 Å². The fraction of sp³-hybridized carbons (Fsp3) is 0.316. The zero-order valence-corrected chi connectivity index (χ0v) is 15.9. The smallest absolute Gasteiger partial charge is 0.226 e. The lowest BCUT2D eigenvalue weighted by atomic mass is 10.1. The maximum Gasteiger partial charge on any atom is 0.226 e. The van der Waals surface area contributed by atoms with E-state index < -0.39 is 0 Å². The standard InChI is InChI=1S/C19H20N6O2S/c20-28-26-11-12-5-6-14(9-12)22-19-21-8-7-17-23-18(24-25(17)19)16-10-13-3-1-2-4-15(13)27-16/h1-4,7-8,10,12,14H,5-6,9,11,20H2,(H,21,22)/t12-,14+/m1/s1. The molecule has 0 radical (unpaired) electrons. The molecule has 0 amide bonds. The third kappa shape index (κ3) is 3.32. The number of nitrogens with zero attached hydrogens (tertiary/aromatic N) is 4. The van der Waals surface area contributed by atoms with Crippen LogP contribution in [0.3, 0.4) is 0 Å². The number of rotatable bonds is 6. The number of anilines is 1. The van der Waals surface area contributed by atoms with E-state index >= 15 is 0 Å². The molecular formula is C19H20N6O2S. The maximum absolute atomic E-state index is 5.90. The topological polar surface area (TPSA) is 104 Å². The predicted octanol–water partition coefficient (Wildman–Crippen LogP) is 3.66. The molecule has 0 spiro atoms. The largest absolute Gasteiger partial charge is 0.453 e. The van der Waals surface area contributed by atoms with Gasteiger partial charge in [-0.3, -0.25) is 5.14 Å². The summed E-state index contributed by atoms with van der Waals surface area (Å²) in [6.45, 7) is 0.677. The van der Waals surface area contributed by atoms with Gasteiger partial charge in [-0.05, 0) is 37.3 Å². The molecule has 1 aliphatic carbocycles. The number of nitrogens with one attached hydrogen (secondary N) is 1. The highest BCUT2D eigenvalue weighted by Crippen LogP contribution is 2.29. The van der Waals surface area contributed by atoms with Crippen molar-refractivity contribution in [3.8, 4) is 11.6 Å². The first-order valence-corrected chi connectivity index (χ1v) is 10.1. The summed E-state index contributed by atoms with van der Waals surface area (Å²) in [5, 5.41) is 14.5. The van der Waals surface area contributed by atoms with E-state index in [1.54, 1.807) is 10.7 Å². The molecule has 8 nitrogen and oxygen atoms in total. The van der Waals surface area contributed by atoms with Crippen LogP contribution in [-0.4, -0.2) is 32.2 Å². The molecule has 1 aromatic carbocycles. The summed E-state index contributed by atoms with van der Waals surface area (Å²) >= 11 is 0.934. The lowest BCUT2D eigenvalue weighted by Gasteiger charge is -2.14. The van der Waals surface area contributed by atoms with Crippen LogP contribution in [0.4, 0.5) is 5.95 Å². The first-order chi connectivity index (χ1) is 13.8. The first-order valence-electron chi connectivity index (χ1n) is 9.26. The van der Waals surface area contributed by atoms with Gasteiger partial charge in [-0.15, -0.1) is 5.10 Å². The summed E-state index contributed by atoms with van der Waals surface area (Å²) in [6, 6.07) is 12.0.